The topological polar surface area (TPSA) is 114 Å². The average molecular weight is 455 g/mol. The van der Waals surface area contributed by atoms with Gasteiger partial charge in [0.2, 0.25) is 5.91 Å². The molecule has 2 heterocycles. The lowest BCUT2D eigenvalue weighted by Gasteiger charge is -2.27. The quantitative estimate of drug-likeness (QED) is 0.541. The summed E-state index contributed by atoms with van der Waals surface area (Å²) < 4.78 is 11.5. The molecule has 0 bridgehead atoms. The van der Waals surface area contributed by atoms with E-state index in [4.69, 9.17) is 9.31 Å². The largest absolute Gasteiger partial charge is 0.480 e. The minimum atomic E-state index is -0.501. The first-order valence-corrected chi connectivity index (χ1v) is 11.2. The van der Waals surface area contributed by atoms with Crippen LogP contribution in [0, 0.1) is 12.8 Å². The number of hydrogen-bond acceptors (Lipinski definition) is 7. The van der Waals surface area contributed by atoms with Crippen molar-refractivity contribution >= 4 is 18.9 Å². The van der Waals surface area contributed by atoms with Gasteiger partial charge in [-0.25, -0.2) is 4.98 Å². The van der Waals surface area contributed by atoms with Gasteiger partial charge in [0, 0.05) is 38.7 Å². The molecule has 2 amide bonds. The second-order valence-corrected chi connectivity index (χ2v) is 8.09. The van der Waals surface area contributed by atoms with Crippen molar-refractivity contribution in [2.45, 2.75) is 33.1 Å². The lowest BCUT2D eigenvalue weighted by atomic mass is 9.73. The highest BCUT2D eigenvalue weighted by Crippen LogP contribution is 2.10. The van der Waals surface area contributed by atoms with Crippen LogP contribution in [0.3, 0.4) is 0 Å². The predicted octanol–water partition coefficient (Wildman–Crippen LogP) is 1.40. The van der Waals surface area contributed by atoms with Crippen molar-refractivity contribution in [3.63, 3.8) is 0 Å². The molecule has 1 saturated heterocycles. The van der Waals surface area contributed by atoms with Crippen LogP contribution in [0.4, 0.5) is 0 Å². The molecule has 1 aromatic heterocycles. The number of rotatable bonds is 7. The van der Waals surface area contributed by atoms with Crippen LogP contribution in [0.15, 0.2) is 48.9 Å². The summed E-state index contributed by atoms with van der Waals surface area (Å²) in [6, 6.07) is 10.3. The normalized spacial score (nSPS) is 14.8. The number of benzene rings is 1. The molecule has 1 unspecified atom stereocenters. The van der Waals surface area contributed by atoms with E-state index >= 15 is 0 Å². The summed E-state index contributed by atoms with van der Waals surface area (Å²) in [6.45, 7) is 8.58. The van der Waals surface area contributed by atoms with Crippen LogP contribution >= 0.6 is 0 Å². The predicted molar refractivity (Wildman–Crippen MR) is 127 cm³/mol. The highest BCUT2D eigenvalue weighted by atomic mass is 16.6. The second kappa shape index (κ2) is 15.1. The number of nitrogens with one attached hydrogen (secondary N) is 3. The summed E-state index contributed by atoms with van der Waals surface area (Å²) >= 11 is 0. The van der Waals surface area contributed by atoms with E-state index in [1.807, 2.05) is 18.2 Å². The van der Waals surface area contributed by atoms with Gasteiger partial charge in [0.05, 0.1) is 18.7 Å². The van der Waals surface area contributed by atoms with Gasteiger partial charge in [-0.05, 0) is 19.3 Å². The number of carbonyl (C=O) groups is 2. The average Bonchev–Trinajstić information content (AvgIpc) is 2.78. The zero-order chi connectivity index (χ0) is 23.9. The number of hydrogen-bond donors (Lipinski definition) is 3. The summed E-state index contributed by atoms with van der Waals surface area (Å²) in [6.07, 6.45) is 4.96. The highest BCUT2D eigenvalue weighted by Gasteiger charge is 2.33. The molecule has 33 heavy (non-hydrogen) atoms. The number of nitrogens with zero attached hydrogens (tertiary/aromatic N) is 2. The van der Waals surface area contributed by atoms with Gasteiger partial charge in [-0.2, -0.15) is 0 Å². The Morgan fingerprint density at radius 2 is 1.82 bits per heavy atom. The third-order valence-electron chi connectivity index (χ3n) is 4.67. The van der Waals surface area contributed by atoms with Crippen LogP contribution in [0.2, 0.25) is 0 Å². The third kappa shape index (κ3) is 11.0. The Hall–Kier alpha value is -2.82. The lowest BCUT2D eigenvalue weighted by Crippen LogP contribution is -2.53. The molecular formula is C23H34BN5O4. The molecule has 1 atom stereocenters. The molecule has 10 heteroatoms. The van der Waals surface area contributed by atoms with Gasteiger partial charge in [0.25, 0.3) is 5.91 Å². The van der Waals surface area contributed by atoms with Crippen LogP contribution < -0.4 is 16.0 Å². The van der Waals surface area contributed by atoms with Gasteiger partial charge in [0.1, 0.15) is 5.69 Å². The first kappa shape index (κ1) is 26.4. The van der Waals surface area contributed by atoms with Gasteiger partial charge in [0.15, 0.2) is 0 Å². The smallest absolute Gasteiger partial charge is 0.408 e. The Balaban J connectivity index is 0.000000468. The Kier molecular flexibility index (Phi) is 12.1. The van der Waals surface area contributed by atoms with E-state index in [1.54, 1.807) is 0 Å². The molecule has 1 aromatic carbocycles. The maximum Gasteiger partial charge on any atom is 0.480 e. The van der Waals surface area contributed by atoms with Gasteiger partial charge < -0.3 is 25.3 Å². The number of aryl methyl sites for hydroxylation is 1. The molecule has 3 rings (SSSR count). The summed E-state index contributed by atoms with van der Waals surface area (Å²) in [5.74, 6) is -0.683. The third-order valence-corrected chi connectivity index (χ3v) is 4.67. The van der Waals surface area contributed by atoms with Crippen molar-refractivity contribution in [1.29, 1.82) is 0 Å². The van der Waals surface area contributed by atoms with Crippen LogP contribution in [0.25, 0.3) is 0 Å². The molecule has 0 saturated carbocycles. The molecule has 2 aromatic rings. The van der Waals surface area contributed by atoms with E-state index in [0.29, 0.717) is 25.6 Å². The lowest BCUT2D eigenvalue weighted by molar-refractivity contribution is -0.120. The number of carbonyl (C=O) groups excluding carboxylic acids is 2. The van der Waals surface area contributed by atoms with Crippen LogP contribution in [0.1, 0.15) is 36.3 Å². The van der Waals surface area contributed by atoms with Crippen LogP contribution in [-0.4, -0.2) is 67.7 Å². The number of amides is 2. The maximum atomic E-state index is 12.3. The summed E-state index contributed by atoms with van der Waals surface area (Å²) in [5.41, 5.74) is 1.49. The molecule has 0 spiro atoms. The molecule has 3 N–H and O–H groups in total. The molecular weight excluding hydrogens is 421 g/mol. The van der Waals surface area contributed by atoms with Crippen molar-refractivity contribution < 1.29 is 18.9 Å². The molecule has 0 radical (unpaired) electrons. The fourth-order valence-corrected chi connectivity index (χ4v) is 3.11. The van der Waals surface area contributed by atoms with Crippen molar-refractivity contribution in [3.8, 4) is 0 Å². The zero-order valence-corrected chi connectivity index (χ0v) is 19.6. The first-order valence-electron chi connectivity index (χ1n) is 11.2. The highest BCUT2D eigenvalue weighted by molar-refractivity contribution is 6.47. The van der Waals surface area contributed by atoms with Crippen LogP contribution in [-0.2, 0) is 14.1 Å². The van der Waals surface area contributed by atoms with E-state index in [9.17, 15) is 9.59 Å². The summed E-state index contributed by atoms with van der Waals surface area (Å²) in [7, 11) is -0.501. The van der Waals surface area contributed by atoms with Crippen LogP contribution in [0.5, 0.6) is 0 Å². The summed E-state index contributed by atoms with van der Waals surface area (Å²) in [4.78, 5) is 32.0. The molecule has 1 aliphatic heterocycles. The molecule has 1 aliphatic rings. The van der Waals surface area contributed by atoms with Gasteiger partial charge in [-0.3, -0.25) is 14.6 Å². The van der Waals surface area contributed by atoms with E-state index in [0.717, 1.165) is 13.1 Å². The Bertz CT molecular complexity index is 818. The van der Waals surface area contributed by atoms with E-state index in [2.05, 4.69) is 58.8 Å². The standard InChI is InChI=1S/C16H26BN5O4.C7H8/c1-12(2)9-14(17-25-7-5-18-6-8-26-17)22-15(23)11-21-16(24)13-10-19-3-4-20-13;1-7-5-3-2-4-6-7/h3-4,10,12,14,18H,5-9,11H2,1-2H3,(H,21,24)(H,22,23);2-6H,1H3. The van der Waals surface area contributed by atoms with Gasteiger partial charge in [-0.15, -0.1) is 0 Å². The second-order valence-electron chi connectivity index (χ2n) is 8.09. The number of aromatic nitrogens is 2. The molecule has 1 fully saturated rings. The van der Waals surface area contributed by atoms with E-state index in [-0.39, 0.29) is 24.1 Å². The summed E-state index contributed by atoms with van der Waals surface area (Å²) in [5, 5.41) is 8.63. The fraction of sp³-hybridized carbons (Fsp3) is 0.478. The zero-order valence-electron chi connectivity index (χ0n) is 19.6. The maximum absolute atomic E-state index is 12.3. The van der Waals surface area contributed by atoms with Crippen molar-refractivity contribution in [2.24, 2.45) is 5.92 Å². The van der Waals surface area contributed by atoms with E-state index in [1.165, 1.54) is 24.2 Å². The monoisotopic (exact) mass is 455 g/mol. The Morgan fingerprint density at radius 1 is 1.12 bits per heavy atom. The van der Waals surface area contributed by atoms with Crippen molar-refractivity contribution in [1.82, 2.24) is 25.9 Å². The molecule has 0 aliphatic carbocycles. The van der Waals surface area contributed by atoms with Gasteiger partial charge >= 0.3 is 7.12 Å². The Morgan fingerprint density at radius 3 is 2.36 bits per heavy atom. The SMILES string of the molecule is CC(C)CC(NC(=O)CNC(=O)c1cnccn1)B1OCCNCCO1.Cc1ccccc1. The first-order chi connectivity index (χ1) is 16.0. The minimum absolute atomic E-state index is 0.154. The molecule has 9 nitrogen and oxygen atoms in total. The Labute approximate surface area is 196 Å². The minimum Gasteiger partial charge on any atom is -0.408 e. The molecule has 178 valence electrons. The van der Waals surface area contributed by atoms with E-state index < -0.39 is 13.0 Å². The van der Waals surface area contributed by atoms with Crippen molar-refractivity contribution in [3.05, 3.63) is 60.2 Å². The fourth-order valence-electron chi connectivity index (χ4n) is 3.11. The van der Waals surface area contributed by atoms with Gasteiger partial charge in [-0.1, -0.05) is 49.7 Å². The van der Waals surface area contributed by atoms with Crippen molar-refractivity contribution in [2.75, 3.05) is 32.8 Å².